The van der Waals surface area contributed by atoms with E-state index < -0.39 is 0 Å². The van der Waals surface area contributed by atoms with Gasteiger partial charge in [-0.3, -0.25) is 0 Å². The van der Waals surface area contributed by atoms with E-state index in [9.17, 15) is 5.11 Å². The molecule has 3 N–H and O–H groups in total. The molecule has 0 bridgehead atoms. The molecule has 116 valence electrons. The molecular weight excluding hydrogens is 284 g/mol. The lowest BCUT2D eigenvalue weighted by molar-refractivity contribution is 0.282. The minimum absolute atomic E-state index is 0.0892. The minimum atomic E-state index is 0.0892. The van der Waals surface area contributed by atoms with Crippen molar-refractivity contribution in [2.75, 3.05) is 18.1 Å². The third-order valence-corrected chi connectivity index (χ3v) is 4.41. The van der Waals surface area contributed by atoms with Gasteiger partial charge in [0.15, 0.2) is 5.82 Å². The Morgan fingerprint density at radius 3 is 2.48 bits per heavy atom. The highest BCUT2D eigenvalue weighted by Gasteiger charge is 2.29. The Kier molecular flexibility index (Phi) is 5.47. The molecular formula is C15H24N4OS. The second kappa shape index (κ2) is 7.13. The van der Waals surface area contributed by atoms with Crippen LogP contribution < -0.4 is 10.6 Å². The molecule has 0 saturated heterocycles. The average molecular weight is 308 g/mol. The van der Waals surface area contributed by atoms with Crippen LogP contribution in [0.3, 0.4) is 0 Å². The lowest BCUT2D eigenvalue weighted by Crippen LogP contribution is -2.44. The molecule has 1 aromatic rings. The number of rotatable bonds is 7. The Morgan fingerprint density at radius 1 is 1.33 bits per heavy atom. The first-order chi connectivity index (χ1) is 10.1. The summed E-state index contributed by atoms with van der Waals surface area (Å²) in [5.74, 6) is 0.746. The molecule has 0 amide bonds. The maximum Gasteiger partial charge on any atom is 0.162 e. The van der Waals surface area contributed by atoms with Crippen LogP contribution in [-0.2, 0) is 12.8 Å². The molecule has 0 spiro atoms. The molecule has 1 saturated carbocycles. The van der Waals surface area contributed by atoms with Crippen LogP contribution >= 0.6 is 12.2 Å². The summed E-state index contributed by atoms with van der Waals surface area (Å²) in [5, 5.41) is 18.1. The largest absolute Gasteiger partial charge is 0.395 e. The number of aryl methyl sites for hydroxylation is 1. The number of nitrogens with two attached hydrogens (primary N) is 1. The Morgan fingerprint density at radius 2 is 2.05 bits per heavy atom. The topological polar surface area (TPSA) is 75.3 Å². The van der Waals surface area contributed by atoms with Crippen molar-refractivity contribution in [1.29, 1.82) is 0 Å². The smallest absolute Gasteiger partial charge is 0.162 e. The predicted molar refractivity (Wildman–Crippen MR) is 88.7 cm³/mol. The van der Waals surface area contributed by atoms with Gasteiger partial charge in [0.25, 0.3) is 0 Å². The Balaban J connectivity index is 2.52. The van der Waals surface area contributed by atoms with Crippen LogP contribution in [0.15, 0.2) is 0 Å². The van der Waals surface area contributed by atoms with E-state index in [0.29, 0.717) is 17.6 Å². The van der Waals surface area contributed by atoms with E-state index in [2.05, 4.69) is 28.9 Å². The molecule has 0 atom stereocenters. The third-order valence-electron chi connectivity index (χ3n) is 4.20. The van der Waals surface area contributed by atoms with Crippen LogP contribution in [-0.4, -0.2) is 39.5 Å². The fraction of sp³-hybridized carbons (Fsp3) is 0.667. The van der Waals surface area contributed by atoms with Gasteiger partial charge in [0.05, 0.1) is 17.9 Å². The first-order valence-electron chi connectivity index (χ1n) is 7.69. The molecule has 1 aromatic heterocycles. The number of aromatic nitrogens is 2. The fourth-order valence-electron chi connectivity index (χ4n) is 2.89. The summed E-state index contributed by atoms with van der Waals surface area (Å²) in [5.41, 5.74) is 8.88. The van der Waals surface area contributed by atoms with E-state index in [-0.39, 0.29) is 6.61 Å². The van der Waals surface area contributed by atoms with Gasteiger partial charge in [-0.05, 0) is 37.7 Å². The third kappa shape index (κ3) is 3.16. The summed E-state index contributed by atoms with van der Waals surface area (Å²) in [6.45, 7) is 4.78. The van der Waals surface area contributed by atoms with Gasteiger partial charge in [0.2, 0.25) is 0 Å². The SMILES string of the molecule is CCc1nnc(N(CCO)C2CCC2)c(C(N)=S)c1CC. The van der Waals surface area contributed by atoms with Gasteiger partial charge in [-0.15, -0.1) is 5.10 Å². The average Bonchev–Trinajstić information content (AvgIpc) is 2.43. The molecule has 6 heteroatoms. The number of hydrogen-bond donors (Lipinski definition) is 2. The van der Waals surface area contributed by atoms with Crippen LogP contribution in [0, 0.1) is 0 Å². The fourth-order valence-corrected chi connectivity index (χ4v) is 3.10. The Hall–Kier alpha value is -1.27. The summed E-state index contributed by atoms with van der Waals surface area (Å²) >= 11 is 5.28. The standard InChI is InChI=1S/C15H24N4OS/c1-3-11-12(4-2)17-18-15(13(11)14(16)21)19(8-9-20)10-6-5-7-10/h10,20H,3-9H2,1-2H3,(H2,16,21). The first-order valence-corrected chi connectivity index (χ1v) is 8.10. The zero-order valence-corrected chi connectivity index (χ0v) is 13.6. The summed E-state index contributed by atoms with van der Waals surface area (Å²) in [6, 6.07) is 0.414. The molecule has 1 aliphatic rings. The van der Waals surface area contributed by atoms with E-state index in [1.54, 1.807) is 0 Å². The van der Waals surface area contributed by atoms with Crippen molar-refractivity contribution in [3.8, 4) is 0 Å². The molecule has 0 radical (unpaired) electrons. The van der Waals surface area contributed by atoms with Crippen molar-refractivity contribution < 1.29 is 5.11 Å². The Bertz CT molecular complexity index is 517. The number of aliphatic hydroxyl groups excluding tert-OH is 1. The zero-order valence-electron chi connectivity index (χ0n) is 12.8. The van der Waals surface area contributed by atoms with E-state index in [1.807, 2.05) is 0 Å². The van der Waals surface area contributed by atoms with Gasteiger partial charge in [0.1, 0.15) is 4.99 Å². The van der Waals surface area contributed by atoms with Crippen LogP contribution in [0.1, 0.15) is 49.9 Å². The van der Waals surface area contributed by atoms with Gasteiger partial charge in [-0.2, -0.15) is 5.10 Å². The first kappa shape index (κ1) is 16.1. The van der Waals surface area contributed by atoms with Gasteiger partial charge < -0.3 is 15.7 Å². The number of hydrogen-bond acceptors (Lipinski definition) is 5. The second-order valence-corrected chi connectivity index (χ2v) is 5.84. The van der Waals surface area contributed by atoms with E-state index in [4.69, 9.17) is 18.0 Å². The second-order valence-electron chi connectivity index (χ2n) is 5.40. The van der Waals surface area contributed by atoms with Crippen LogP contribution in [0.5, 0.6) is 0 Å². The quantitative estimate of drug-likeness (QED) is 0.745. The molecule has 0 unspecified atom stereocenters. The maximum absolute atomic E-state index is 9.37. The summed E-state index contributed by atoms with van der Waals surface area (Å²) in [4.78, 5) is 2.50. The lowest BCUT2D eigenvalue weighted by atomic mass is 9.90. The Labute approximate surface area is 131 Å². The number of nitrogens with zero attached hydrogens (tertiary/aromatic N) is 3. The van der Waals surface area contributed by atoms with Crippen molar-refractivity contribution in [3.63, 3.8) is 0 Å². The molecule has 1 aliphatic carbocycles. The predicted octanol–water partition coefficient (Wildman–Crippen LogP) is 1.59. The molecule has 0 aliphatic heterocycles. The van der Waals surface area contributed by atoms with Gasteiger partial charge in [-0.25, -0.2) is 0 Å². The summed E-state index contributed by atoms with van der Waals surface area (Å²) in [7, 11) is 0. The zero-order chi connectivity index (χ0) is 15.4. The van der Waals surface area contributed by atoms with Crippen LogP contribution in [0.25, 0.3) is 0 Å². The van der Waals surface area contributed by atoms with Gasteiger partial charge in [-0.1, -0.05) is 26.1 Å². The van der Waals surface area contributed by atoms with E-state index >= 15 is 0 Å². The molecule has 21 heavy (non-hydrogen) atoms. The van der Waals surface area contributed by atoms with Crippen LogP contribution in [0.4, 0.5) is 5.82 Å². The van der Waals surface area contributed by atoms with Crippen molar-refractivity contribution >= 4 is 23.0 Å². The lowest BCUT2D eigenvalue weighted by Gasteiger charge is -2.39. The summed E-state index contributed by atoms with van der Waals surface area (Å²) < 4.78 is 0. The van der Waals surface area contributed by atoms with Crippen molar-refractivity contribution in [1.82, 2.24) is 10.2 Å². The molecule has 1 heterocycles. The number of aliphatic hydroxyl groups is 1. The highest BCUT2D eigenvalue weighted by Crippen LogP contribution is 2.32. The van der Waals surface area contributed by atoms with Crippen molar-refractivity contribution in [2.45, 2.75) is 52.0 Å². The normalized spacial score (nSPS) is 14.8. The highest BCUT2D eigenvalue weighted by atomic mass is 32.1. The van der Waals surface area contributed by atoms with Crippen molar-refractivity contribution in [2.24, 2.45) is 5.73 Å². The van der Waals surface area contributed by atoms with Gasteiger partial charge in [0, 0.05) is 12.6 Å². The summed E-state index contributed by atoms with van der Waals surface area (Å²) in [6.07, 6.45) is 5.10. The van der Waals surface area contributed by atoms with E-state index in [0.717, 1.165) is 48.3 Å². The minimum Gasteiger partial charge on any atom is -0.395 e. The molecule has 5 nitrogen and oxygen atoms in total. The molecule has 0 aromatic carbocycles. The molecule has 1 fully saturated rings. The van der Waals surface area contributed by atoms with E-state index in [1.165, 1.54) is 6.42 Å². The maximum atomic E-state index is 9.37. The number of thiocarbonyl (C=S) groups is 1. The van der Waals surface area contributed by atoms with Crippen LogP contribution in [0.2, 0.25) is 0 Å². The molecule has 2 rings (SSSR count). The van der Waals surface area contributed by atoms with Gasteiger partial charge >= 0.3 is 0 Å². The highest BCUT2D eigenvalue weighted by molar-refractivity contribution is 7.80. The monoisotopic (exact) mass is 308 g/mol. The number of anilines is 1. The van der Waals surface area contributed by atoms with Crippen molar-refractivity contribution in [3.05, 3.63) is 16.8 Å².